The van der Waals surface area contributed by atoms with Crippen molar-refractivity contribution >= 4 is 45.2 Å². The van der Waals surface area contributed by atoms with Gasteiger partial charge >= 0.3 is 11.9 Å². The van der Waals surface area contributed by atoms with Gasteiger partial charge in [-0.1, -0.05) is 23.7 Å². The van der Waals surface area contributed by atoms with Crippen LogP contribution in [-0.4, -0.2) is 25.3 Å². The van der Waals surface area contributed by atoms with Gasteiger partial charge in [0.1, 0.15) is 11.4 Å². The normalized spacial score (nSPS) is 16.3. The highest BCUT2D eigenvalue weighted by molar-refractivity contribution is 9.10. The minimum absolute atomic E-state index is 0.155. The summed E-state index contributed by atoms with van der Waals surface area (Å²) in [5.74, 6) is -0.755. The summed E-state index contributed by atoms with van der Waals surface area (Å²) < 4.78 is 16.0. The second kappa shape index (κ2) is 7.80. The lowest BCUT2D eigenvalue weighted by atomic mass is 10.2. The number of esters is 2. The molecule has 1 aliphatic rings. The van der Waals surface area contributed by atoms with Crippen molar-refractivity contribution in [2.24, 2.45) is 0 Å². The maximum Gasteiger partial charge on any atom is 0.355 e. The molecule has 2 aromatic rings. The van der Waals surface area contributed by atoms with E-state index in [0.717, 1.165) is 0 Å². The van der Waals surface area contributed by atoms with E-state index in [1.807, 2.05) is 0 Å². The molecule has 0 radical (unpaired) electrons. The van der Waals surface area contributed by atoms with Gasteiger partial charge in [0.2, 0.25) is 0 Å². The summed E-state index contributed by atoms with van der Waals surface area (Å²) in [7, 11) is 1.56. The summed E-state index contributed by atoms with van der Waals surface area (Å²) in [5.41, 5.74) is 1.08. The second-order valence-corrected chi connectivity index (χ2v) is 6.44. The molecule has 0 fully saturated rings. The van der Waals surface area contributed by atoms with Crippen LogP contribution in [0.5, 0.6) is 5.75 Å². The fourth-order valence-corrected chi connectivity index (χ4v) is 2.86. The van der Waals surface area contributed by atoms with Crippen LogP contribution in [0, 0.1) is 0 Å². The number of nitrogens with one attached hydrogen (secondary N) is 1. The van der Waals surface area contributed by atoms with Gasteiger partial charge in [0.25, 0.3) is 6.29 Å². The lowest BCUT2D eigenvalue weighted by molar-refractivity contribution is -0.152. The van der Waals surface area contributed by atoms with Crippen molar-refractivity contribution in [2.45, 2.75) is 6.29 Å². The third-order valence-electron chi connectivity index (χ3n) is 3.54. The number of rotatable bonds is 5. The van der Waals surface area contributed by atoms with Crippen LogP contribution in [0.2, 0.25) is 0 Å². The maximum atomic E-state index is 12.4. The van der Waals surface area contributed by atoms with Crippen LogP contribution in [0.3, 0.4) is 0 Å². The summed E-state index contributed by atoms with van der Waals surface area (Å²) in [6.07, 6.45) is -1.27. The first-order valence-corrected chi connectivity index (χ1v) is 8.64. The predicted octanol–water partition coefficient (Wildman–Crippen LogP) is 4.06. The zero-order chi connectivity index (χ0) is 18.7. The maximum absolute atomic E-state index is 12.4. The molecule has 134 valence electrons. The summed E-state index contributed by atoms with van der Waals surface area (Å²) in [5, 5.41) is 2.78. The SMILES string of the molecule is COc1ccc(NC2=C(Cl)C(=O)OC2OC(=O)c2ccccc2Br)cc1. The molecule has 1 unspecified atom stereocenters. The number of anilines is 1. The number of carbonyl (C=O) groups excluding carboxylic acids is 2. The first-order chi connectivity index (χ1) is 12.5. The van der Waals surface area contributed by atoms with Crippen molar-refractivity contribution < 1.29 is 23.8 Å². The minimum atomic E-state index is -1.27. The molecule has 0 amide bonds. The highest BCUT2D eigenvalue weighted by Gasteiger charge is 2.37. The highest BCUT2D eigenvalue weighted by Crippen LogP contribution is 2.30. The Morgan fingerprint density at radius 2 is 1.88 bits per heavy atom. The van der Waals surface area contributed by atoms with E-state index in [2.05, 4.69) is 21.2 Å². The van der Waals surface area contributed by atoms with Gasteiger partial charge in [-0.2, -0.15) is 0 Å². The first-order valence-electron chi connectivity index (χ1n) is 7.47. The van der Waals surface area contributed by atoms with Crippen molar-refractivity contribution in [1.82, 2.24) is 0 Å². The fraction of sp³-hybridized carbons (Fsp3) is 0.111. The van der Waals surface area contributed by atoms with E-state index in [1.54, 1.807) is 55.6 Å². The number of hydrogen-bond acceptors (Lipinski definition) is 6. The van der Waals surface area contributed by atoms with E-state index in [0.29, 0.717) is 21.5 Å². The lowest BCUT2D eigenvalue weighted by Crippen LogP contribution is -2.24. The van der Waals surface area contributed by atoms with Gasteiger partial charge in [0.05, 0.1) is 12.7 Å². The molecule has 1 heterocycles. The number of halogens is 2. The van der Waals surface area contributed by atoms with Gasteiger partial charge in [0, 0.05) is 10.2 Å². The molecule has 2 aromatic carbocycles. The topological polar surface area (TPSA) is 73.9 Å². The number of benzene rings is 2. The Kier molecular flexibility index (Phi) is 5.49. The molecule has 0 saturated heterocycles. The number of methoxy groups -OCH3 is 1. The molecule has 0 saturated carbocycles. The quantitative estimate of drug-likeness (QED) is 0.710. The first kappa shape index (κ1) is 18.3. The van der Waals surface area contributed by atoms with Crippen molar-refractivity contribution in [3.8, 4) is 5.75 Å². The molecule has 0 aliphatic carbocycles. The molecule has 0 aromatic heterocycles. The smallest absolute Gasteiger partial charge is 0.355 e. The van der Waals surface area contributed by atoms with Crippen LogP contribution in [0.25, 0.3) is 0 Å². The lowest BCUT2D eigenvalue weighted by Gasteiger charge is -2.17. The largest absolute Gasteiger partial charge is 0.497 e. The van der Waals surface area contributed by atoms with E-state index in [4.69, 9.17) is 25.8 Å². The molecular weight excluding hydrogens is 426 g/mol. The van der Waals surface area contributed by atoms with E-state index in [-0.39, 0.29) is 10.7 Å². The van der Waals surface area contributed by atoms with Gasteiger partial charge < -0.3 is 19.5 Å². The van der Waals surface area contributed by atoms with Crippen molar-refractivity contribution in [2.75, 3.05) is 12.4 Å². The van der Waals surface area contributed by atoms with Crippen LogP contribution in [0.4, 0.5) is 5.69 Å². The van der Waals surface area contributed by atoms with Crippen LogP contribution < -0.4 is 10.1 Å². The van der Waals surface area contributed by atoms with E-state index < -0.39 is 18.2 Å². The molecule has 1 N–H and O–H groups in total. The molecule has 8 heteroatoms. The highest BCUT2D eigenvalue weighted by atomic mass is 79.9. The van der Waals surface area contributed by atoms with Crippen LogP contribution in [0.1, 0.15) is 10.4 Å². The van der Waals surface area contributed by atoms with E-state index in [9.17, 15) is 9.59 Å². The summed E-state index contributed by atoms with van der Waals surface area (Å²) in [6.45, 7) is 0. The monoisotopic (exact) mass is 437 g/mol. The average molecular weight is 439 g/mol. The second-order valence-electron chi connectivity index (χ2n) is 5.20. The number of hydrogen-bond donors (Lipinski definition) is 1. The van der Waals surface area contributed by atoms with Gasteiger partial charge in [-0.05, 0) is 52.3 Å². The third-order valence-corrected chi connectivity index (χ3v) is 4.59. The zero-order valence-corrected chi connectivity index (χ0v) is 15.8. The zero-order valence-electron chi connectivity index (χ0n) is 13.5. The molecule has 0 spiro atoms. The Hall–Kier alpha value is -2.51. The van der Waals surface area contributed by atoms with Crippen molar-refractivity contribution in [1.29, 1.82) is 0 Å². The van der Waals surface area contributed by atoms with E-state index in [1.165, 1.54) is 0 Å². The Morgan fingerprint density at radius 1 is 1.19 bits per heavy atom. The molecule has 0 bridgehead atoms. The van der Waals surface area contributed by atoms with Crippen LogP contribution >= 0.6 is 27.5 Å². The Labute approximate surface area is 162 Å². The molecule has 6 nitrogen and oxygen atoms in total. The molecule has 3 rings (SSSR count). The van der Waals surface area contributed by atoms with Crippen molar-refractivity contribution in [3.05, 3.63) is 69.3 Å². The average Bonchev–Trinajstić information content (AvgIpc) is 2.90. The Morgan fingerprint density at radius 3 is 2.54 bits per heavy atom. The van der Waals surface area contributed by atoms with Gasteiger partial charge in [0.15, 0.2) is 5.03 Å². The molecule has 1 aliphatic heterocycles. The number of ether oxygens (including phenoxy) is 3. The third kappa shape index (κ3) is 3.84. The summed E-state index contributed by atoms with van der Waals surface area (Å²) >= 11 is 9.29. The number of cyclic esters (lactones) is 1. The fourth-order valence-electron chi connectivity index (χ4n) is 2.24. The van der Waals surface area contributed by atoms with Gasteiger partial charge in [-0.15, -0.1) is 0 Å². The molecule has 1 atom stereocenters. The minimum Gasteiger partial charge on any atom is -0.497 e. The van der Waals surface area contributed by atoms with Gasteiger partial charge in [-0.3, -0.25) is 0 Å². The van der Waals surface area contributed by atoms with E-state index >= 15 is 0 Å². The summed E-state index contributed by atoms with van der Waals surface area (Å²) in [4.78, 5) is 24.2. The van der Waals surface area contributed by atoms with Crippen LogP contribution in [0.15, 0.2) is 63.7 Å². The molecular formula is C18H13BrClNO5. The number of carbonyl (C=O) groups is 2. The molecule has 26 heavy (non-hydrogen) atoms. The predicted molar refractivity (Wildman–Crippen MR) is 98.9 cm³/mol. The Balaban J connectivity index is 1.79. The Bertz CT molecular complexity index is 881. The summed E-state index contributed by atoms with van der Waals surface area (Å²) in [6, 6.07) is 13.7. The standard InChI is InChI=1S/C18H13BrClNO5/c1-24-11-8-6-10(7-9-11)21-15-14(20)17(23)26-18(15)25-16(22)12-4-2-3-5-13(12)19/h2-9,18,21H,1H3. The van der Waals surface area contributed by atoms with Crippen molar-refractivity contribution in [3.63, 3.8) is 0 Å². The van der Waals surface area contributed by atoms with Crippen LogP contribution in [-0.2, 0) is 14.3 Å². The van der Waals surface area contributed by atoms with Gasteiger partial charge in [-0.25, -0.2) is 9.59 Å².